The Balaban J connectivity index is 1.80. The number of unbranched alkanes of at least 4 members (excludes halogenated alkanes) is 1. The average molecular weight is 551 g/mol. The van der Waals surface area contributed by atoms with Gasteiger partial charge in [0.25, 0.3) is 5.91 Å². The lowest BCUT2D eigenvalue weighted by Crippen LogP contribution is -2.16. The highest BCUT2D eigenvalue weighted by atomic mass is 32.2. The van der Waals surface area contributed by atoms with E-state index >= 15 is 0 Å². The first kappa shape index (κ1) is 30.0. The number of aryl methyl sites for hydroxylation is 1. The molecule has 0 radical (unpaired) electrons. The number of esters is 2. The number of allylic oxidation sites excluding steroid dienone is 1. The van der Waals surface area contributed by atoms with Crippen molar-refractivity contribution in [2.24, 2.45) is 0 Å². The summed E-state index contributed by atoms with van der Waals surface area (Å²) >= 11 is 1.72. The van der Waals surface area contributed by atoms with E-state index in [4.69, 9.17) is 9.47 Å². The minimum Gasteiger partial charge on any atom is -0.461 e. The highest BCUT2D eigenvalue weighted by molar-refractivity contribution is 7.99. The molecule has 1 amide bonds. The van der Waals surface area contributed by atoms with E-state index in [1.54, 1.807) is 11.8 Å². The highest BCUT2D eigenvalue weighted by Crippen LogP contribution is 2.30. The van der Waals surface area contributed by atoms with E-state index in [0.717, 1.165) is 35.3 Å². The van der Waals surface area contributed by atoms with Gasteiger partial charge in [-0.3, -0.25) is 9.59 Å². The first-order chi connectivity index (χ1) is 18.7. The molecule has 1 aromatic heterocycles. The summed E-state index contributed by atoms with van der Waals surface area (Å²) < 4.78 is 10.6. The molecule has 2 N–H and O–H groups in total. The summed E-state index contributed by atoms with van der Waals surface area (Å²) in [5, 5.41) is 2.98. The van der Waals surface area contributed by atoms with Crippen LogP contribution in [0.5, 0.6) is 0 Å². The predicted molar refractivity (Wildman–Crippen MR) is 156 cm³/mol. The van der Waals surface area contributed by atoms with Crippen LogP contribution in [0.4, 0.5) is 0 Å². The molecule has 0 fully saturated rings. The molecule has 0 unspecified atom stereocenters. The number of nitrogens with one attached hydrogen (secondary N) is 2. The Morgan fingerprint density at radius 2 is 1.82 bits per heavy atom. The number of carbonyl (C=O) groups excluding carboxylic acids is 3. The lowest BCUT2D eigenvalue weighted by atomic mass is 10.0. The number of hydrogen-bond donors (Lipinski definition) is 2. The molecule has 3 rings (SSSR count). The molecule has 0 saturated carbocycles. The van der Waals surface area contributed by atoms with Crippen LogP contribution in [0.25, 0.3) is 6.08 Å². The van der Waals surface area contributed by atoms with Crippen molar-refractivity contribution in [3.8, 4) is 0 Å². The minimum atomic E-state index is -0.456. The third-order valence-electron chi connectivity index (χ3n) is 6.60. The van der Waals surface area contributed by atoms with Gasteiger partial charge in [0, 0.05) is 34.0 Å². The number of H-pyrrole nitrogens is 1. The van der Waals surface area contributed by atoms with Crippen molar-refractivity contribution in [1.29, 1.82) is 0 Å². The van der Waals surface area contributed by atoms with Gasteiger partial charge in [-0.15, -0.1) is 11.8 Å². The molecule has 0 bridgehead atoms. The second kappa shape index (κ2) is 14.6. The quantitative estimate of drug-likeness (QED) is 0.125. The number of thioether (sulfide) groups is 1. The summed E-state index contributed by atoms with van der Waals surface area (Å²) in [6, 6.07) is 8.36. The molecule has 1 aliphatic rings. The smallest absolute Gasteiger partial charge is 0.355 e. The SMILES string of the molecule is C=CCOC(=O)CCc1c(C(=O)OCCCC)[nH]c(/C=C2\NC(=O)C(CCSc3ccc(C)cc3)=C2C)c1C. The van der Waals surface area contributed by atoms with E-state index in [0.29, 0.717) is 42.1 Å². The van der Waals surface area contributed by atoms with Gasteiger partial charge in [0.05, 0.1) is 6.61 Å². The van der Waals surface area contributed by atoms with Crippen LogP contribution in [0, 0.1) is 13.8 Å². The molecule has 7 nitrogen and oxygen atoms in total. The maximum atomic E-state index is 12.9. The number of aromatic nitrogens is 1. The molecule has 2 aromatic rings. The average Bonchev–Trinajstić information content (AvgIpc) is 3.37. The fourth-order valence-electron chi connectivity index (χ4n) is 4.24. The Morgan fingerprint density at radius 3 is 2.51 bits per heavy atom. The van der Waals surface area contributed by atoms with Crippen LogP contribution >= 0.6 is 11.8 Å². The zero-order valence-electron chi connectivity index (χ0n) is 23.3. The van der Waals surface area contributed by atoms with Crippen LogP contribution in [0.15, 0.2) is 58.7 Å². The van der Waals surface area contributed by atoms with Crippen LogP contribution in [0.2, 0.25) is 0 Å². The van der Waals surface area contributed by atoms with Crippen LogP contribution in [-0.2, 0) is 25.5 Å². The molecule has 0 spiro atoms. The molecule has 0 saturated heterocycles. The molecule has 2 heterocycles. The van der Waals surface area contributed by atoms with Gasteiger partial charge in [-0.25, -0.2) is 4.79 Å². The number of ether oxygens (including phenoxy) is 2. The summed E-state index contributed by atoms with van der Waals surface area (Å²) in [4.78, 5) is 42.2. The van der Waals surface area contributed by atoms with Crippen molar-refractivity contribution >= 4 is 35.7 Å². The van der Waals surface area contributed by atoms with Crippen LogP contribution in [-0.4, -0.2) is 41.8 Å². The van der Waals surface area contributed by atoms with E-state index < -0.39 is 5.97 Å². The maximum absolute atomic E-state index is 12.9. The van der Waals surface area contributed by atoms with Gasteiger partial charge in [-0.1, -0.05) is 43.7 Å². The van der Waals surface area contributed by atoms with Crippen molar-refractivity contribution in [2.45, 2.75) is 64.7 Å². The predicted octanol–water partition coefficient (Wildman–Crippen LogP) is 6.22. The van der Waals surface area contributed by atoms with Gasteiger partial charge >= 0.3 is 11.9 Å². The molecule has 0 atom stereocenters. The van der Waals surface area contributed by atoms with E-state index in [1.807, 2.05) is 26.8 Å². The lowest BCUT2D eigenvalue weighted by molar-refractivity contribution is -0.142. The molecule has 0 aliphatic carbocycles. The Morgan fingerprint density at radius 1 is 1.08 bits per heavy atom. The summed E-state index contributed by atoms with van der Waals surface area (Å²) in [7, 11) is 0. The standard InChI is InChI=1S/C31H38N2O5S/c1-6-8-17-38-31(36)29-24(13-14-28(34)37-16-7-2)21(4)26(32-29)19-27-22(5)25(30(35)33-27)15-18-39-23-11-9-20(3)10-12-23/h7,9-12,19,32H,2,6,8,13-18H2,1,3-5H3,(H,33,35)/b27-19-. The number of hydrogen-bond acceptors (Lipinski definition) is 6. The second-order valence-electron chi connectivity index (χ2n) is 9.51. The first-order valence-electron chi connectivity index (χ1n) is 13.3. The maximum Gasteiger partial charge on any atom is 0.355 e. The zero-order chi connectivity index (χ0) is 28.4. The Labute approximate surface area is 235 Å². The number of rotatable bonds is 14. The normalized spacial score (nSPS) is 14.1. The van der Waals surface area contributed by atoms with Gasteiger partial charge in [0.1, 0.15) is 12.3 Å². The van der Waals surface area contributed by atoms with Crippen molar-refractivity contribution in [2.75, 3.05) is 19.0 Å². The summed E-state index contributed by atoms with van der Waals surface area (Å²) in [6.45, 7) is 11.9. The fraction of sp³-hybridized carbons (Fsp3) is 0.387. The summed E-state index contributed by atoms with van der Waals surface area (Å²) in [5.41, 5.74) is 6.11. The van der Waals surface area contributed by atoms with Crippen molar-refractivity contribution in [3.63, 3.8) is 0 Å². The van der Waals surface area contributed by atoms with E-state index in [1.165, 1.54) is 16.5 Å². The van der Waals surface area contributed by atoms with Crippen LogP contribution in [0.1, 0.15) is 72.4 Å². The molecule has 208 valence electrons. The van der Waals surface area contributed by atoms with Gasteiger partial charge in [0.2, 0.25) is 0 Å². The summed E-state index contributed by atoms with van der Waals surface area (Å²) in [5.74, 6) is -0.132. The van der Waals surface area contributed by atoms with E-state index in [-0.39, 0.29) is 24.9 Å². The van der Waals surface area contributed by atoms with Crippen LogP contribution in [0.3, 0.4) is 0 Å². The number of amides is 1. The Kier molecular flexibility index (Phi) is 11.2. The Hall–Kier alpha value is -3.52. The fourth-order valence-corrected chi connectivity index (χ4v) is 5.11. The van der Waals surface area contributed by atoms with Crippen molar-refractivity contribution < 1.29 is 23.9 Å². The Bertz CT molecular complexity index is 1270. The van der Waals surface area contributed by atoms with Crippen molar-refractivity contribution in [1.82, 2.24) is 10.3 Å². The highest BCUT2D eigenvalue weighted by Gasteiger charge is 2.26. The topological polar surface area (TPSA) is 97.5 Å². The molecule has 8 heteroatoms. The molecule has 39 heavy (non-hydrogen) atoms. The van der Waals surface area contributed by atoms with Crippen molar-refractivity contribution in [3.05, 3.63) is 81.8 Å². The van der Waals surface area contributed by atoms with Gasteiger partial charge in [-0.05, 0) is 74.9 Å². The number of benzene rings is 1. The third kappa shape index (κ3) is 8.23. The van der Waals surface area contributed by atoms with Crippen LogP contribution < -0.4 is 5.32 Å². The second-order valence-corrected chi connectivity index (χ2v) is 10.7. The molecular weight excluding hydrogens is 512 g/mol. The molecule has 1 aromatic carbocycles. The first-order valence-corrected chi connectivity index (χ1v) is 14.3. The number of aromatic amines is 1. The zero-order valence-corrected chi connectivity index (χ0v) is 24.1. The van der Waals surface area contributed by atoms with Gasteiger partial charge < -0.3 is 19.8 Å². The van der Waals surface area contributed by atoms with E-state index in [9.17, 15) is 14.4 Å². The lowest BCUT2D eigenvalue weighted by Gasteiger charge is -2.06. The molecular formula is C31H38N2O5S. The van der Waals surface area contributed by atoms with E-state index in [2.05, 4.69) is 48.1 Å². The van der Waals surface area contributed by atoms with Gasteiger partial charge in [-0.2, -0.15) is 0 Å². The number of carbonyl (C=O) groups is 3. The minimum absolute atomic E-state index is 0.100. The molecule has 1 aliphatic heterocycles. The van der Waals surface area contributed by atoms with Gasteiger partial charge in [0.15, 0.2) is 0 Å². The largest absolute Gasteiger partial charge is 0.461 e. The summed E-state index contributed by atoms with van der Waals surface area (Å²) in [6.07, 6.45) is 6.13. The monoisotopic (exact) mass is 550 g/mol. The third-order valence-corrected chi connectivity index (χ3v) is 7.62.